The molecule has 0 spiro atoms. The molecular weight excluding hydrogens is 216 g/mol. The highest BCUT2D eigenvalue weighted by atomic mass is 16.6. The number of rotatable bonds is 9. The van der Waals surface area contributed by atoms with Gasteiger partial charge in [0.1, 0.15) is 0 Å². The molecule has 3 heteroatoms. The minimum Gasteiger partial charge on any atom is -0.490 e. The van der Waals surface area contributed by atoms with Crippen molar-refractivity contribution in [2.75, 3.05) is 13.7 Å². The van der Waals surface area contributed by atoms with Crippen LogP contribution in [0.2, 0.25) is 0 Å². The van der Waals surface area contributed by atoms with E-state index in [9.17, 15) is 4.79 Å². The SMILES string of the molecule is CCCCCCC(CC)=C(OC)C(=O)OCC. The quantitative estimate of drug-likeness (QED) is 0.267. The summed E-state index contributed by atoms with van der Waals surface area (Å²) in [4.78, 5) is 11.7. The van der Waals surface area contributed by atoms with E-state index in [1.807, 2.05) is 6.92 Å². The molecule has 0 unspecified atom stereocenters. The predicted molar refractivity (Wildman–Crippen MR) is 69.7 cm³/mol. The third-order valence-corrected chi connectivity index (χ3v) is 2.74. The van der Waals surface area contributed by atoms with Gasteiger partial charge in [0.2, 0.25) is 5.76 Å². The van der Waals surface area contributed by atoms with Crippen molar-refractivity contribution < 1.29 is 14.3 Å². The smallest absolute Gasteiger partial charge is 0.373 e. The summed E-state index contributed by atoms with van der Waals surface area (Å²) in [7, 11) is 1.54. The minimum atomic E-state index is -0.331. The van der Waals surface area contributed by atoms with Gasteiger partial charge in [-0.25, -0.2) is 4.79 Å². The van der Waals surface area contributed by atoms with Gasteiger partial charge >= 0.3 is 5.97 Å². The molecule has 0 aromatic heterocycles. The predicted octanol–water partition coefficient (Wildman–Crippen LogP) is 3.83. The van der Waals surface area contributed by atoms with Gasteiger partial charge in [0.15, 0.2) is 0 Å². The summed E-state index contributed by atoms with van der Waals surface area (Å²) in [5, 5.41) is 0. The molecule has 0 aliphatic carbocycles. The summed E-state index contributed by atoms with van der Waals surface area (Å²) in [6.07, 6.45) is 6.56. The van der Waals surface area contributed by atoms with Crippen LogP contribution in [0.5, 0.6) is 0 Å². The molecular formula is C14H26O3. The van der Waals surface area contributed by atoms with E-state index in [1.54, 1.807) is 6.92 Å². The average molecular weight is 242 g/mol. The first kappa shape index (κ1) is 16.0. The van der Waals surface area contributed by atoms with Gasteiger partial charge in [-0.05, 0) is 31.8 Å². The highest BCUT2D eigenvalue weighted by Gasteiger charge is 2.15. The lowest BCUT2D eigenvalue weighted by molar-refractivity contribution is -0.142. The molecule has 0 radical (unpaired) electrons. The Morgan fingerprint density at radius 2 is 1.76 bits per heavy atom. The fourth-order valence-electron chi connectivity index (χ4n) is 1.78. The van der Waals surface area contributed by atoms with Crippen molar-refractivity contribution in [3.05, 3.63) is 11.3 Å². The van der Waals surface area contributed by atoms with E-state index in [0.717, 1.165) is 24.8 Å². The van der Waals surface area contributed by atoms with Gasteiger partial charge in [0.05, 0.1) is 13.7 Å². The number of unbranched alkanes of at least 4 members (excludes halogenated alkanes) is 3. The molecule has 0 heterocycles. The highest BCUT2D eigenvalue weighted by Crippen LogP contribution is 2.19. The summed E-state index contributed by atoms with van der Waals surface area (Å²) in [6.45, 7) is 6.43. The molecule has 0 rings (SSSR count). The molecule has 100 valence electrons. The van der Waals surface area contributed by atoms with Crippen molar-refractivity contribution in [2.24, 2.45) is 0 Å². The Bertz CT molecular complexity index is 244. The van der Waals surface area contributed by atoms with E-state index >= 15 is 0 Å². The Kier molecular flexibility index (Phi) is 9.59. The number of methoxy groups -OCH3 is 1. The van der Waals surface area contributed by atoms with Crippen LogP contribution < -0.4 is 0 Å². The van der Waals surface area contributed by atoms with Crippen LogP contribution in [-0.2, 0) is 14.3 Å². The average Bonchev–Trinajstić information content (AvgIpc) is 2.33. The number of hydrogen-bond donors (Lipinski definition) is 0. The second-order valence-electron chi connectivity index (χ2n) is 4.02. The lowest BCUT2D eigenvalue weighted by atomic mass is 10.0. The monoisotopic (exact) mass is 242 g/mol. The fraction of sp³-hybridized carbons (Fsp3) is 0.786. The molecule has 3 nitrogen and oxygen atoms in total. The van der Waals surface area contributed by atoms with Crippen LogP contribution in [0.15, 0.2) is 11.3 Å². The van der Waals surface area contributed by atoms with Gasteiger partial charge < -0.3 is 9.47 Å². The Hall–Kier alpha value is -0.990. The van der Waals surface area contributed by atoms with E-state index in [0.29, 0.717) is 12.4 Å². The molecule has 0 N–H and O–H groups in total. The Morgan fingerprint density at radius 1 is 1.06 bits per heavy atom. The second kappa shape index (κ2) is 10.2. The zero-order valence-electron chi connectivity index (χ0n) is 11.7. The Labute approximate surface area is 105 Å². The van der Waals surface area contributed by atoms with E-state index < -0.39 is 0 Å². The first-order valence-electron chi connectivity index (χ1n) is 6.64. The molecule has 0 fully saturated rings. The largest absolute Gasteiger partial charge is 0.490 e. The molecule has 0 saturated carbocycles. The molecule has 0 amide bonds. The summed E-state index contributed by atoms with van der Waals surface area (Å²) in [5.74, 6) is 0.0770. The Balaban J connectivity index is 4.45. The number of hydrogen-bond acceptors (Lipinski definition) is 3. The number of carbonyl (C=O) groups excluding carboxylic acids is 1. The third-order valence-electron chi connectivity index (χ3n) is 2.74. The Morgan fingerprint density at radius 3 is 2.24 bits per heavy atom. The van der Waals surface area contributed by atoms with Crippen LogP contribution in [0.1, 0.15) is 59.3 Å². The lowest BCUT2D eigenvalue weighted by Crippen LogP contribution is -2.12. The van der Waals surface area contributed by atoms with Crippen LogP contribution in [0.4, 0.5) is 0 Å². The summed E-state index contributed by atoms with van der Waals surface area (Å²) < 4.78 is 10.2. The van der Waals surface area contributed by atoms with Crippen LogP contribution >= 0.6 is 0 Å². The van der Waals surface area contributed by atoms with Gasteiger partial charge in [-0.3, -0.25) is 0 Å². The molecule has 0 atom stereocenters. The van der Waals surface area contributed by atoms with Crippen molar-refractivity contribution in [3.63, 3.8) is 0 Å². The van der Waals surface area contributed by atoms with Crippen LogP contribution in [-0.4, -0.2) is 19.7 Å². The molecule has 0 bridgehead atoms. The first-order valence-corrected chi connectivity index (χ1v) is 6.64. The maximum Gasteiger partial charge on any atom is 0.373 e. The standard InChI is InChI=1S/C14H26O3/c1-5-8-9-10-11-12(6-2)13(16-4)14(15)17-7-3/h5-11H2,1-4H3. The van der Waals surface area contributed by atoms with Gasteiger partial charge in [-0.2, -0.15) is 0 Å². The van der Waals surface area contributed by atoms with Crippen LogP contribution in [0.25, 0.3) is 0 Å². The molecule has 0 aliphatic rings. The van der Waals surface area contributed by atoms with Crippen molar-refractivity contribution in [1.29, 1.82) is 0 Å². The molecule has 0 aliphatic heterocycles. The van der Waals surface area contributed by atoms with Crippen molar-refractivity contribution >= 4 is 5.97 Å². The second-order valence-corrected chi connectivity index (χ2v) is 4.02. The maximum absolute atomic E-state index is 11.7. The number of esters is 1. The zero-order chi connectivity index (χ0) is 13.1. The molecule has 17 heavy (non-hydrogen) atoms. The summed E-state index contributed by atoms with van der Waals surface area (Å²) >= 11 is 0. The fourth-order valence-corrected chi connectivity index (χ4v) is 1.78. The van der Waals surface area contributed by atoms with Gasteiger partial charge in [-0.1, -0.05) is 33.1 Å². The van der Waals surface area contributed by atoms with Gasteiger partial charge in [0, 0.05) is 0 Å². The van der Waals surface area contributed by atoms with E-state index in [-0.39, 0.29) is 5.97 Å². The van der Waals surface area contributed by atoms with Crippen molar-refractivity contribution in [3.8, 4) is 0 Å². The van der Waals surface area contributed by atoms with E-state index in [4.69, 9.17) is 9.47 Å². The topological polar surface area (TPSA) is 35.5 Å². The maximum atomic E-state index is 11.7. The third kappa shape index (κ3) is 6.35. The number of ether oxygens (including phenoxy) is 2. The van der Waals surface area contributed by atoms with Crippen molar-refractivity contribution in [1.82, 2.24) is 0 Å². The first-order chi connectivity index (χ1) is 8.21. The van der Waals surface area contributed by atoms with E-state index in [2.05, 4.69) is 6.92 Å². The molecule has 0 saturated heterocycles. The zero-order valence-corrected chi connectivity index (χ0v) is 11.7. The molecule has 0 aromatic rings. The van der Waals surface area contributed by atoms with Crippen LogP contribution in [0.3, 0.4) is 0 Å². The summed E-state index contributed by atoms with van der Waals surface area (Å²) in [6, 6.07) is 0. The van der Waals surface area contributed by atoms with Gasteiger partial charge in [-0.15, -0.1) is 0 Å². The van der Waals surface area contributed by atoms with Crippen LogP contribution in [0, 0.1) is 0 Å². The van der Waals surface area contributed by atoms with Gasteiger partial charge in [0.25, 0.3) is 0 Å². The normalized spacial score (nSPS) is 12.0. The van der Waals surface area contributed by atoms with E-state index in [1.165, 1.54) is 26.4 Å². The minimum absolute atomic E-state index is 0.331. The molecule has 0 aromatic carbocycles. The lowest BCUT2D eigenvalue weighted by Gasteiger charge is -2.12. The van der Waals surface area contributed by atoms with Crippen molar-refractivity contribution in [2.45, 2.75) is 59.3 Å². The number of allylic oxidation sites excluding steroid dienone is 1. The number of carbonyl (C=O) groups is 1. The summed E-state index contributed by atoms with van der Waals surface area (Å²) in [5.41, 5.74) is 1.07. The highest BCUT2D eigenvalue weighted by molar-refractivity contribution is 5.87.